The first-order valence-corrected chi connectivity index (χ1v) is 9.89. The molecular weight excluding hydrogens is 391 g/mol. The number of nitrogens with zero attached hydrogens (tertiary/aromatic N) is 1. The van der Waals surface area contributed by atoms with Crippen LogP contribution in [0, 0.1) is 6.92 Å². The summed E-state index contributed by atoms with van der Waals surface area (Å²) in [5.41, 5.74) is 4.95. The zero-order valence-corrected chi connectivity index (χ0v) is 16.9. The predicted octanol–water partition coefficient (Wildman–Crippen LogP) is 6.23. The molecule has 3 aromatic rings. The number of phenolic OH excluding ortho intramolecular Hbond substituents is 1. The van der Waals surface area contributed by atoms with Gasteiger partial charge in [-0.15, -0.1) is 0 Å². The standard InChI is InChI=1S/C23H20Cl2N2O/c1-14-6-8-15(9-7-14)20-13-21(18-4-2-3-5-22(18)28)27-23(26-20)17-11-10-16(24)12-19(17)25/h2-12,21,23,27-28H,13H2,1H3/t21-,23+/m1/s1. The average molecular weight is 411 g/mol. The Morgan fingerprint density at radius 3 is 2.43 bits per heavy atom. The first-order chi connectivity index (χ1) is 13.5. The lowest BCUT2D eigenvalue weighted by molar-refractivity contribution is 0.413. The van der Waals surface area contributed by atoms with E-state index in [-0.39, 0.29) is 18.0 Å². The quantitative estimate of drug-likeness (QED) is 0.537. The average Bonchev–Trinajstić information content (AvgIpc) is 2.68. The second-order valence-electron chi connectivity index (χ2n) is 6.99. The minimum Gasteiger partial charge on any atom is -0.508 e. The van der Waals surface area contributed by atoms with E-state index in [9.17, 15) is 5.11 Å². The number of rotatable bonds is 3. The van der Waals surface area contributed by atoms with Crippen LogP contribution in [-0.4, -0.2) is 10.8 Å². The Kier molecular flexibility index (Phi) is 5.40. The third-order valence-corrected chi connectivity index (χ3v) is 5.56. The molecular formula is C23H20Cl2N2O. The summed E-state index contributed by atoms with van der Waals surface area (Å²) in [6.45, 7) is 2.06. The van der Waals surface area contributed by atoms with Crippen molar-refractivity contribution in [3.8, 4) is 5.75 Å². The van der Waals surface area contributed by atoms with Gasteiger partial charge in [-0.3, -0.25) is 10.3 Å². The van der Waals surface area contributed by atoms with Gasteiger partial charge in [0.05, 0.1) is 0 Å². The van der Waals surface area contributed by atoms with E-state index in [0.717, 1.165) is 22.4 Å². The molecule has 3 nitrogen and oxygen atoms in total. The summed E-state index contributed by atoms with van der Waals surface area (Å²) >= 11 is 12.5. The van der Waals surface area contributed by atoms with Crippen molar-refractivity contribution in [1.29, 1.82) is 0 Å². The maximum Gasteiger partial charge on any atom is 0.127 e. The number of para-hydroxylation sites is 1. The fraction of sp³-hybridized carbons (Fsp3) is 0.174. The maximum atomic E-state index is 10.4. The largest absolute Gasteiger partial charge is 0.508 e. The van der Waals surface area contributed by atoms with Crippen molar-refractivity contribution in [2.24, 2.45) is 4.99 Å². The van der Waals surface area contributed by atoms with E-state index in [2.05, 4.69) is 36.5 Å². The van der Waals surface area contributed by atoms with Crippen molar-refractivity contribution in [3.63, 3.8) is 0 Å². The van der Waals surface area contributed by atoms with Crippen LogP contribution in [0.5, 0.6) is 5.75 Å². The van der Waals surface area contributed by atoms with Gasteiger partial charge in [-0.2, -0.15) is 0 Å². The number of hydrogen-bond acceptors (Lipinski definition) is 3. The molecule has 2 atom stereocenters. The van der Waals surface area contributed by atoms with Gasteiger partial charge in [0.2, 0.25) is 0 Å². The third kappa shape index (κ3) is 3.93. The van der Waals surface area contributed by atoms with E-state index in [1.807, 2.05) is 30.3 Å². The summed E-state index contributed by atoms with van der Waals surface area (Å²) in [6, 6.07) is 21.1. The Hall–Kier alpha value is -2.33. The highest BCUT2D eigenvalue weighted by molar-refractivity contribution is 6.35. The summed E-state index contributed by atoms with van der Waals surface area (Å²) in [6.07, 6.45) is 0.335. The van der Waals surface area contributed by atoms with E-state index in [0.29, 0.717) is 16.5 Å². The topological polar surface area (TPSA) is 44.6 Å². The monoisotopic (exact) mass is 410 g/mol. The molecule has 0 fully saturated rings. The molecule has 2 N–H and O–H groups in total. The van der Waals surface area contributed by atoms with Crippen LogP contribution >= 0.6 is 23.2 Å². The molecule has 0 unspecified atom stereocenters. The first kappa shape index (κ1) is 19.0. The van der Waals surface area contributed by atoms with Gasteiger partial charge in [0.15, 0.2) is 0 Å². The second-order valence-corrected chi connectivity index (χ2v) is 7.84. The molecule has 0 amide bonds. The van der Waals surface area contributed by atoms with E-state index in [1.54, 1.807) is 12.1 Å². The minimum absolute atomic E-state index is 0.0910. The Morgan fingerprint density at radius 1 is 0.964 bits per heavy atom. The van der Waals surface area contributed by atoms with E-state index >= 15 is 0 Å². The highest BCUT2D eigenvalue weighted by atomic mass is 35.5. The van der Waals surface area contributed by atoms with Gasteiger partial charge in [0.25, 0.3) is 0 Å². The van der Waals surface area contributed by atoms with Crippen LogP contribution in [0.3, 0.4) is 0 Å². The number of aromatic hydroxyl groups is 1. The van der Waals surface area contributed by atoms with E-state index in [1.165, 1.54) is 5.56 Å². The van der Waals surface area contributed by atoms with Crippen LogP contribution < -0.4 is 5.32 Å². The molecule has 4 rings (SSSR count). The Morgan fingerprint density at radius 2 is 1.71 bits per heavy atom. The molecule has 0 saturated carbocycles. The fourth-order valence-corrected chi connectivity index (χ4v) is 4.00. The van der Waals surface area contributed by atoms with Crippen LogP contribution in [0.15, 0.2) is 71.7 Å². The van der Waals surface area contributed by atoms with Crippen LogP contribution in [-0.2, 0) is 0 Å². The van der Waals surface area contributed by atoms with Crippen molar-refractivity contribution in [2.75, 3.05) is 0 Å². The Balaban J connectivity index is 1.78. The summed E-state index contributed by atoms with van der Waals surface area (Å²) in [4.78, 5) is 4.94. The third-order valence-electron chi connectivity index (χ3n) is 5.00. The number of aryl methyl sites for hydroxylation is 1. The fourth-order valence-electron chi connectivity index (χ4n) is 3.49. The highest BCUT2D eigenvalue weighted by Crippen LogP contribution is 2.36. The second kappa shape index (κ2) is 7.96. The molecule has 1 aliphatic rings. The zero-order chi connectivity index (χ0) is 19.7. The van der Waals surface area contributed by atoms with Crippen LogP contribution in [0.25, 0.3) is 0 Å². The smallest absolute Gasteiger partial charge is 0.127 e. The van der Waals surface area contributed by atoms with E-state index < -0.39 is 0 Å². The number of phenols is 1. The molecule has 5 heteroatoms. The summed E-state index contributed by atoms with van der Waals surface area (Å²) in [7, 11) is 0. The lowest BCUT2D eigenvalue weighted by Gasteiger charge is -2.31. The summed E-state index contributed by atoms with van der Waals surface area (Å²) in [5.74, 6) is 0.270. The van der Waals surface area contributed by atoms with Crippen LogP contribution in [0.1, 0.15) is 40.9 Å². The van der Waals surface area contributed by atoms with Gasteiger partial charge in [-0.05, 0) is 30.7 Å². The number of aliphatic imine (C=N–C) groups is 1. The van der Waals surface area contributed by atoms with Crippen molar-refractivity contribution in [2.45, 2.75) is 25.6 Å². The molecule has 0 radical (unpaired) electrons. The summed E-state index contributed by atoms with van der Waals surface area (Å²) in [5, 5.41) is 15.1. The molecule has 142 valence electrons. The van der Waals surface area contributed by atoms with Gasteiger partial charge < -0.3 is 5.11 Å². The number of halogens is 2. The Labute approximate surface area is 174 Å². The first-order valence-electron chi connectivity index (χ1n) is 9.14. The normalized spacial score (nSPS) is 19.3. The van der Waals surface area contributed by atoms with Crippen molar-refractivity contribution < 1.29 is 5.11 Å². The molecule has 28 heavy (non-hydrogen) atoms. The number of hydrogen-bond donors (Lipinski definition) is 2. The maximum absolute atomic E-state index is 10.4. The van der Waals surface area contributed by atoms with Crippen molar-refractivity contribution in [3.05, 3.63) is 99.0 Å². The molecule has 0 aromatic heterocycles. The molecule has 0 aliphatic carbocycles. The van der Waals surface area contributed by atoms with Gasteiger partial charge >= 0.3 is 0 Å². The molecule has 1 aliphatic heterocycles. The van der Waals surface area contributed by atoms with Crippen LogP contribution in [0.2, 0.25) is 10.0 Å². The van der Waals surface area contributed by atoms with Gasteiger partial charge in [0.1, 0.15) is 11.9 Å². The number of nitrogens with one attached hydrogen (secondary N) is 1. The molecule has 0 saturated heterocycles. The van der Waals surface area contributed by atoms with Gasteiger partial charge in [-0.25, -0.2) is 0 Å². The van der Waals surface area contributed by atoms with Crippen molar-refractivity contribution in [1.82, 2.24) is 5.32 Å². The highest BCUT2D eigenvalue weighted by Gasteiger charge is 2.28. The lowest BCUT2D eigenvalue weighted by atomic mass is 9.93. The lowest BCUT2D eigenvalue weighted by Crippen LogP contribution is -2.33. The summed E-state index contributed by atoms with van der Waals surface area (Å²) < 4.78 is 0. The Bertz CT molecular complexity index is 1030. The molecule has 3 aromatic carbocycles. The minimum atomic E-state index is -0.334. The van der Waals surface area contributed by atoms with Gasteiger partial charge in [0, 0.05) is 39.3 Å². The van der Waals surface area contributed by atoms with Crippen molar-refractivity contribution >= 4 is 28.9 Å². The van der Waals surface area contributed by atoms with E-state index in [4.69, 9.17) is 28.2 Å². The predicted molar refractivity (Wildman–Crippen MR) is 116 cm³/mol. The molecule has 0 spiro atoms. The van der Waals surface area contributed by atoms with Crippen LogP contribution in [0.4, 0.5) is 0 Å². The molecule has 1 heterocycles. The molecule has 0 bridgehead atoms. The SMILES string of the molecule is Cc1ccc(C2=N[C@H](c3ccc(Cl)cc3Cl)N[C@@H](c3ccccc3O)C2)cc1. The zero-order valence-electron chi connectivity index (χ0n) is 15.4. The van der Waals surface area contributed by atoms with Gasteiger partial charge in [-0.1, -0.05) is 77.3 Å². The number of benzene rings is 3.